The normalized spacial score (nSPS) is 16.8. The van der Waals surface area contributed by atoms with Gasteiger partial charge in [-0.05, 0) is 24.6 Å². The van der Waals surface area contributed by atoms with Crippen molar-refractivity contribution < 1.29 is 28.5 Å². The van der Waals surface area contributed by atoms with Gasteiger partial charge in [0, 0.05) is 22.1 Å². The number of aliphatic hydroxyl groups is 1. The van der Waals surface area contributed by atoms with Crippen LogP contribution < -0.4 is 9.47 Å². The number of methoxy groups -OCH3 is 2. The van der Waals surface area contributed by atoms with Crippen LogP contribution in [0.1, 0.15) is 58.7 Å². The first kappa shape index (κ1) is 22.0. The Morgan fingerprint density at radius 3 is 2.69 bits per heavy atom. The van der Waals surface area contributed by atoms with Crippen LogP contribution in [0, 0.1) is 5.82 Å². The fraction of sp³-hybridized carbons (Fsp3) is 0.333. The highest BCUT2D eigenvalue weighted by Crippen LogP contribution is 2.46. The summed E-state index contributed by atoms with van der Waals surface area (Å²) >= 11 is 6.08. The first-order valence-electron chi connectivity index (χ1n) is 9.74. The van der Waals surface area contributed by atoms with Gasteiger partial charge in [0.2, 0.25) is 5.88 Å². The van der Waals surface area contributed by atoms with E-state index < -0.39 is 23.8 Å². The molecule has 1 aliphatic rings. The fourth-order valence-corrected chi connectivity index (χ4v) is 4.16. The van der Waals surface area contributed by atoms with Crippen molar-refractivity contribution in [1.29, 1.82) is 0 Å². The maximum Gasteiger partial charge on any atom is 0.359 e. The van der Waals surface area contributed by atoms with Gasteiger partial charge in [0.25, 0.3) is 0 Å². The standard InChI is InChI=1S/C21H20ClFN4O5/c1-5-32-20(29)16-15-17(9(2)11-6-10(22)7-12(23)14(11)18(15)28)27(26-16)13-8-24-21(31-4)25-19(13)30-3/h6-9,18,28H,5H2,1-4H3. The van der Waals surface area contributed by atoms with E-state index in [1.807, 2.05) is 0 Å². The summed E-state index contributed by atoms with van der Waals surface area (Å²) in [6, 6.07) is 2.78. The molecule has 2 aromatic heterocycles. The number of rotatable bonds is 5. The number of nitrogens with zero attached hydrogens (tertiary/aromatic N) is 4. The second kappa shape index (κ2) is 8.36. The Hall–Kier alpha value is -3.24. The Balaban J connectivity index is 2.02. The molecule has 0 bridgehead atoms. The number of esters is 1. The number of hydrogen-bond donors (Lipinski definition) is 1. The van der Waals surface area contributed by atoms with Crippen molar-refractivity contribution in [1.82, 2.24) is 19.7 Å². The molecule has 0 amide bonds. The van der Waals surface area contributed by atoms with Gasteiger partial charge in [-0.15, -0.1) is 0 Å². The molecule has 3 aromatic rings. The molecule has 1 N–H and O–H groups in total. The number of carbonyl (C=O) groups excluding carboxylic acids is 1. The second-order valence-electron chi connectivity index (χ2n) is 7.05. The van der Waals surface area contributed by atoms with Crippen LogP contribution >= 0.6 is 11.6 Å². The van der Waals surface area contributed by atoms with Gasteiger partial charge < -0.3 is 19.3 Å². The average Bonchev–Trinajstić information content (AvgIpc) is 3.17. The topological polar surface area (TPSA) is 109 Å². The van der Waals surface area contributed by atoms with Crippen LogP contribution in [0.3, 0.4) is 0 Å². The van der Waals surface area contributed by atoms with E-state index in [0.717, 1.165) is 6.07 Å². The Labute approximate surface area is 187 Å². The van der Waals surface area contributed by atoms with Crippen molar-refractivity contribution in [2.45, 2.75) is 25.9 Å². The zero-order valence-electron chi connectivity index (χ0n) is 17.7. The SMILES string of the molecule is CCOC(=O)c1nn(-c2cnc(OC)nc2OC)c2c1C(O)c1c(F)cc(Cl)cc1C2C. The number of carbonyl (C=O) groups is 1. The van der Waals surface area contributed by atoms with Crippen molar-refractivity contribution >= 4 is 17.6 Å². The summed E-state index contributed by atoms with van der Waals surface area (Å²) in [6.45, 7) is 3.54. The summed E-state index contributed by atoms with van der Waals surface area (Å²) in [5, 5.41) is 15.7. The first-order chi connectivity index (χ1) is 15.3. The van der Waals surface area contributed by atoms with Gasteiger partial charge in [-0.3, -0.25) is 0 Å². The minimum atomic E-state index is -1.47. The molecule has 0 radical (unpaired) electrons. The highest BCUT2D eigenvalue weighted by atomic mass is 35.5. The van der Waals surface area contributed by atoms with Crippen molar-refractivity contribution in [3.8, 4) is 17.6 Å². The molecular weight excluding hydrogens is 443 g/mol. The molecule has 2 atom stereocenters. The van der Waals surface area contributed by atoms with Gasteiger partial charge >= 0.3 is 12.0 Å². The summed E-state index contributed by atoms with van der Waals surface area (Å²) in [6.07, 6.45) is -0.0492. The lowest BCUT2D eigenvalue weighted by molar-refractivity contribution is 0.0513. The second-order valence-corrected chi connectivity index (χ2v) is 7.48. The maximum absolute atomic E-state index is 14.8. The lowest BCUT2D eigenvalue weighted by Gasteiger charge is -2.29. The van der Waals surface area contributed by atoms with E-state index in [9.17, 15) is 14.3 Å². The van der Waals surface area contributed by atoms with Crippen LogP contribution in [-0.2, 0) is 4.74 Å². The molecular formula is C21H20ClFN4O5. The molecule has 11 heteroatoms. The molecule has 32 heavy (non-hydrogen) atoms. The number of halogens is 2. The summed E-state index contributed by atoms with van der Waals surface area (Å²) < 4.78 is 31.8. The minimum Gasteiger partial charge on any atom is -0.479 e. The predicted octanol–water partition coefficient (Wildman–Crippen LogP) is 3.20. The van der Waals surface area contributed by atoms with Crippen molar-refractivity contribution in [2.75, 3.05) is 20.8 Å². The zero-order chi connectivity index (χ0) is 23.2. The zero-order valence-corrected chi connectivity index (χ0v) is 18.5. The van der Waals surface area contributed by atoms with Gasteiger partial charge in [0.15, 0.2) is 5.69 Å². The lowest BCUT2D eigenvalue weighted by atomic mass is 9.79. The Kier molecular flexibility index (Phi) is 5.74. The van der Waals surface area contributed by atoms with Crippen molar-refractivity contribution in [3.05, 3.63) is 57.2 Å². The van der Waals surface area contributed by atoms with Crippen LogP contribution in [0.2, 0.25) is 5.02 Å². The summed E-state index contributed by atoms with van der Waals surface area (Å²) in [4.78, 5) is 21.0. The van der Waals surface area contributed by atoms with Crippen molar-refractivity contribution in [2.24, 2.45) is 0 Å². The van der Waals surface area contributed by atoms with Crippen LogP contribution in [0.4, 0.5) is 4.39 Å². The van der Waals surface area contributed by atoms with Crippen LogP contribution in [0.25, 0.3) is 5.69 Å². The monoisotopic (exact) mass is 462 g/mol. The molecule has 2 unspecified atom stereocenters. The average molecular weight is 463 g/mol. The van der Waals surface area contributed by atoms with Crippen LogP contribution in [0.5, 0.6) is 11.9 Å². The van der Waals surface area contributed by atoms with Gasteiger partial charge in [0.1, 0.15) is 17.6 Å². The minimum absolute atomic E-state index is 0.0393. The van der Waals surface area contributed by atoms with E-state index in [1.165, 1.54) is 25.1 Å². The smallest absolute Gasteiger partial charge is 0.359 e. The first-order valence-corrected chi connectivity index (χ1v) is 10.1. The van der Waals surface area contributed by atoms with E-state index in [2.05, 4.69) is 15.1 Å². The third-order valence-corrected chi connectivity index (χ3v) is 5.51. The molecule has 2 heterocycles. The Bertz CT molecular complexity index is 1220. The highest BCUT2D eigenvalue weighted by Gasteiger charge is 2.40. The summed E-state index contributed by atoms with van der Waals surface area (Å²) in [5.74, 6) is -1.80. The molecule has 0 fully saturated rings. The van der Waals surface area contributed by atoms with E-state index in [0.29, 0.717) is 16.9 Å². The van der Waals surface area contributed by atoms with E-state index >= 15 is 0 Å². The third-order valence-electron chi connectivity index (χ3n) is 5.30. The Morgan fingerprint density at radius 2 is 2.03 bits per heavy atom. The number of hydrogen-bond acceptors (Lipinski definition) is 8. The number of ether oxygens (including phenoxy) is 3. The molecule has 0 saturated carbocycles. The fourth-order valence-electron chi connectivity index (χ4n) is 3.94. The molecule has 9 nitrogen and oxygen atoms in total. The number of fused-ring (bicyclic) bond motifs is 2. The van der Waals surface area contributed by atoms with Crippen LogP contribution in [0.15, 0.2) is 18.3 Å². The van der Waals surface area contributed by atoms with Gasteiger partial charge in [-0.25, -0.2) is 18.9 Å². The maximum atomic E-state index is 14.8. The quantitative estimate of drug-likeness (QED) is 0.576. The molecule has 1 aliphatic carbocycles. The van der Waals surface area contributed by atoms with Crippen molar-refractivity contribution in [3.63, 3.8) is 0 Å². The number of benzene rings is 1. The van der Waals surface area contributed by atoms with E-state index in [4.69, 9.17) is 25.8 Å². The Morgan fingerprint density at radius 1 is 1.28 bits per heavy atom. The molecule has 4 rings (SSSR count). The molecule has 0 spiro atoms. The largest absolute Gasteiger partial charge is 0.479 e. The van der Waals surface area contributed by atoms with Gasteiger partial charge in [-0.1, -0.05) is 18.5 Å². The molecule has 168 valence electrons. The lowest BCUT2D eigenvalue weighted by Crippen LogP contribution is -2.21. The van der Waals surface area contributed by atoms with Crippen LogP contribution in [-0.4, -0.2) is 51.7 Å². The summed E-state index contributed by atoms with van der Waals surface area (Å²) in [5.41, 5.74) is 1.24. The number of aliphatic hydroxyl groups excluding tert-OH is 1. The van der Waals surface area contributed by atoms with E-state index in [-0.39, 0.29) is 40.3 Å². The molecule has 1 aromatic carbocycles. The summed E-state index contributed by atoms with van der Waals surface area (Å²) in [7, 11) is 2.83. The predicted molar refractivity (Wildman–Crippen MR) is 111 cm³/mol. The van der Waals surface area contributed by atoms with Gasteiger partial charge in [-0.2, -0.15) is 10.1 Å². The molecule has 0 saturated heterocycles. The van der Waals surface area contributed by atoms with E-state index in [1.54, 1.807) is 19.9 Å². The third kappa shape index (κ3) is 3.35. The molecule has 0 aliphatic heterocycles. The number of aromatic nitrogens is 4. The highest BCUT2D eigenvalue weighted by molar-refractivity contribution is 6.30. The van der Waals surface area contributed by atoms with Gasteiger partial charge in [0.05, 0.1) is 32.7 Å².